The molecule has 2 aliphatic rings. The molecule has 0 bridgehead atoms. The van der Waals surface area contributed by atoms with Gasteiger partial charge >= 0.3 is 0 Å². The first kappa shape index (κ1) is 18.3. The number of halogens is 1. The molecule has 0 radical (unpaired) electrons. The highest BCUT2D eigenvalue weighted by atomic mass is 35.5. The number of benzene rings is 2. The number of hydrogen-bond acceptors (Lipinski definition) is 5. The summed E-state index contributed by atoms with van der Waals surface area (Å²) in [5.74, 6) is 1.36. The van der Waals surface area contributed by atoms with Gasteiger partial charge in [0.25, 0.3) is 0 Å². The Morgan fingerprint density at radius 3 is 2.63 bits per heavy atom. The molecular formula is C21H25ClN2O3. The van der Waals surface area contributed by atoms with Gasteiger partial charge in [-0.3, -0.25) is 0 Å². The Morgan fingerprint density at radius 2 is 1.81 bits per heavy atom. The molecule has 4 rings (SSSR count). The monoisotopic (exact) mass is 388 g/mol. The van der Waals surface area contributed by atoms with Crippen LogP contribution in [-0.2, 0) is 11.3 Å². The molecule has 144 valence electrons. The summed E-state index contributed by atoms with van der Waals surface area (Å²) in [5.41, 5.74) is 3.36. The van der Waals surface area contributed by atoms with E-state index in [1.807, 2.05) is 12.1 Å². The fourth-order valence-electron chi connectivity index (χ4n) is 3.74. The predicted octanol–water partition coefficient (Wildman–Crippen LogP) is 4.34. The van der Waals surface area contributed by atoms with Gasteiger partial charge in [-0.05, 0) is 43.7 Å². The van der Waals surface area contributed by atoms with Gasteiger partial charge in [-0.25, -0.2) is 0 Å². The predicted molar refractivity (Wildman–Crippen MR) is 108 cm³/mol. The summed E-state index contributed by atoms with van der Waals surface area (Å²) in [6, 6.07) is 12.3. The number of fused-ring (bicyclic) bond motifs is 1. The maximum atomic E-state index is 6.36. The van der Waals surface area contributed by atoms with Crippen molar-refractivity contribution in [3.63, 3.8) is 0 Å². The van der Waals surface area contributed by atoms with Crippen molar-refractivity contribution >= 4 is 23.0 Å². The second kappa shape index (κ2) is 7.87. The van der Waals surface area contributed by atoms with E-state index in [1.54, 1.807) is 0 Å². The van der Waals surface area contributed by atoms with E-state index in [4.69, 9.17) is 25.8 Å². The van der Waals surface area contributed by atoms with E-state index in [0.29, 0.717) is 30.5 Å². The lowest BCUT2D eigenvalue weighted by Crippen LogP contribution is -2.45. The van der Waals surface area contributed by atoms with E-state index in [1.165, 1.54) is 5.69 Å². The van der Waals surface area contributed by atoms with Crippen LogP contribution in [0.1, 0.15) is 19.4 Å². The number of nitrogens with zero attached hydrogens (tertiary/aromatic N) is 1. The summed E-state index contributed by atoms with van der Waals surface area (Å²) in [4.78, 5) is 2.39. The Morgan fingerprint density at radius 1 is 1.07 bits per heavy atom. The van der Waals surface area contributed by atoms with Gasteiger partial charge in [-0.1, -0.05) is 23.7 Å². The zero-order chi connectivity index (χ0) is 18.8. The molecule has 2 heterocycles. The van der Waals surface area contributed by atoms with Crippen LogP contribution in [0.15, 0.2) is 36.4 Å². The molecule has 5 nitrogen and oxygen atoms in total. The van der Waals surface area contributed by atoms with Gasteiger partial charge in [0.15, 0.2) is 11.5 Å². The lowest BCUT2D eigenvalue weighted by atomic mass is 10.1. The maximum absolute atomic E-state index is 6.36. The quantitative estimate of drug-likeness (QED) is 0.844. The van der Waals surface area contributed by atoms with Crippen LogP contribution in [0.25, 0.3) is 0 Å². The molecule has 0 aliphatic carbocycles. The van der Waals surface area contributed by atoms with E-state index < -0.39 is 0 Å². The van der Waals surface area contributed by atoms with Gasteiger partial charge in [0.2, 0.25) is 0 Å². The first-order valence-corrected chi connectivity index (χ1v) is 9.79. The summed E-state index contributed by atoms with van der Waals surface area (Å²) >= 11 is 6.36. The lowest BCUT2D eigenvalue weighted by Gasteiger charge is -2.37. The average Bonchev–Trinajstić information content (AvgIpc) is 2.66. The molecule has 2 atom stereocenters. The van der Waals surface area contributed by atoms with E-state index in [2.05, 4.69) is 48.3 Å². The van der Waals surface area contributed by atoms with Gasteiger partial charge < -0.3 is 24.4 Å². The van der Waals surface area contributed by atoms with Crippen molar-refractivity contribution in [2.75, 3.05) is 36.5 Å². The number of ether oxygens (including phenoxy) is 3. The molecule has 0 spiro atoms. The van der Waals surface area contributed by atoms with Crippen molar-refractivity contribution in [3.8, 4) is 11.5 Å². The molecule has 2 unspecified atom stereocenters. The number of rotatable bonds is 4. The summed E-state index contributed by atoms with van der Waals surface area (Å²) in [5, 5.41) is 4.14. The van der Waals surface area contributed by atoms with Gasteiger partial charge in [-0.15, -0.1) is 0 Å². The average molecular weight is 389 g/mol. The lowest BCUT2D eigenvalue weighted by molar-refractivity contribution is -0.00517. The molecular weight excluding hydrogens is 364 g/mol. The van der Waals surface area contributed by atoms with Crippen molar-refractivity contribution in [1.29, 1.82) is 0 Å². The molecule has 1 fully saturated rings. The van der Waals surface area contributed by atoms with Crippen LogP contribution < -0.4 is 19.7 Å². The highest BCUT2D eigenvalue weighted by Gasteiger charge is 2.24. The Bertz CT molecular complexity index is 804. The fourth-order valence-corrected chi connectivity index (χ4v) is 4.02. The molecule has 6 heteroatoms. The molecule has 0 amide bonds. The smallest absolute Gasteiger partial charge is 0.179 e. The third-order valence-electron chi connectivity index (χ3n) is 4.80. The van der Waals surface area contributed by atoms with Gasteiger partial charge in [-0.2, -0.15) is 0 Å². The van der Waals surface area contributed by atoms with E-state index >= 15 is 0 Å². The highest BCUT2D eigenvalue weighted by molar-refractivity contribution is 6.32. The molecule has 0 aromatic heterocycles. The van der Waals surface area contributed by atoms with Crippen LogP contribution >= 0.6 is 11.6 Å². The normalized spacial score (nSPS) is 21.8. The number of morpholine rings is 1. The van der Waals surface area contributed by atoms with Crippen LogP contribution in [0.2, 0.25) is 5.02 Å². The summed E-state index contributed by atoms with van der Waals surface area (Å²) < 4.78 is 17.1. The van der Waals surface area contributed by atoms with Gasteiger partial charge in [0.05, 0.1) is 28.6 Å². The van der Waals surface area contributed by atoms with Crippen molar-refractivity contribution in [2.45, 2.75) is 32.6 Å². The summed E-state index contributed by atoms with van der Waals surface area (Å²) in [7, 11) is 0. The van der Waals surface area contributed by atoms with Crippen LogP contribution in [0.4, 0.5) is 11.4 Å². The minimum absolute atomic E-state index is 0.221. The second-order valence-corrected chi connectivity index (χ2v) is 7.54. The molecule has 2 aromatic rings. The zero-order valence-corrected chi connectivity index (χ0v) is 16.5. The van der Waals surface area contributed by atoms with Gasteiger partial charge in [0.1, 0.15) is 13.2 Å². The number of hydrogen-bond donors (Lipinski definition) is 1. The third-order valence-corrected chi connectivity index (χ3v) is 5.08. The largest absolute Gasteiger partial charge is 0.486 e. The first-order valence-electron chi connectivity index (χ1n) is 9.41. The van der Waals surface area contributed by atoms with E-state index in [-0.39, 0.29) is 12.2 Å². The molecule has 27 heavy (non-hydrogen) atoms. The van der Waals surface area contributed by atoms with Crippen molar-refractivity contribution in [3.05, 3.63) is 47.0 Å². The van der Waals surface area contributed by atoms with Crippen molar-refractivity contribution < 1.29 is 14.2 Å². The maximum Gasteiger partial charge on any atom is 0.179 e. The molecule has 1 saturated heterocycles. The molecule has 2 aromatic carbocycles. The number of anilines is 2. The Hall–Kier alpha value is -2.11. The molecule has 2 aliphatic heterocycles. The summed E-state index contributed by atoms with van der Waals surface area (Å²) in [6.07, 6.45) is 0.441. The Kier molecular flexibility index (Phi) is 5.32. The van der Waals surface area contributed by atoms with Crippen molar-refractivity contribution in [1.82, 2.24) is 0 Å². The van der Waals surface area contributed by atoms with Crippen LogP contribution in [0, 0.1) is 0 Å². The van der Waals surface area contributed by atoms with Crippen LogP contribution in [0.3, 0.4) is 0 Å². The van der Waals surface area contributed by atoms with E-state index in [9.17, 15) is 0 Å². The standard InChI is InChI=1S/C21H25ClN2O3/c1-14-12-24(13-15(2)27-14)19-6-4-3-5-18(19)23-11-16-9-17(22)21-20(10-16)25-7-8-26-21/h3-6,9-10,14-15,23H,7-8,11-13H2,1-2H3. The third kappa shape index (κ3) is 4.09. The fraction of sp³-hybridized carbons (Fsp3) is 0.429. The van der Waals surface area contributed by atoms with E-state index in [0.717, 1.165) is 30.1 Å². The second-order valence-electron chi connectivity index (χ2n) is 7.13. The minimum atomic E-state index is 0.221. The SMILES string of the molecule is CC1CN(c2ccccc2NCc2cc(Cl)c3c(c2)OCCO3)CC(C)O1. The summed E-state index contributed by atoms with van der Waals surface area (Å²) in [6.45, 7) is 7.76. The van der Waals surface area contributed by atoms with Crippen LogP contribution in [-0.4, -0.2) is 38.5 Å². The minimum Gasteiger partial charge on any atom is -0.486 e. The topological polar surface area (TPSA) is 43.0 Å². The Labute approximate surface area is 165 Å². The number of para-hydroxylation sites is 2. The molecule has 1 N–H and O–H groups in total. The van der Waals surface area contributed by atoms with Crippen LogP contribution in [0.5, 0.6) is 11.5 Å². The Balaban J connectivity index is 1.51. The van der Waals surface area contributed by atoms with Gasteiger partial charge in [0, 0.05) is 19.6 Å². The highest BCUT2D eigenvalue weighted by Crippen LogP contribution is 2.38. The number of nitrogens with one attached hydrogen (secondary N) is 1. The molecule has 0 saturated carbocycles. The first-order chi connectivity index (χ1) is 13.1. The zero-order valence-electron chi connectivity index (χ0n) is 15.7. The van der Waals surface area contributed by atoms with Crippen molar-refractivity contribution in [2.24, 2.45) is 0 Å².